The maximum atomic E-state index is 13.0. The van der Waals surface area contributed by atoms with Crippen LogP contribution in [0, 0.1) is 0 Å². The lowest BCUT2D eigenvalue weighted by Gasteiger charge is -2.23. The predicted octanol–water partition coefficient (Wildman–Crippen LogP) is 6.67. The fourth-order valence-corrected chi connectivity index (χ4v) is 4.69. The first-order valence-corrected chi connectivity index (χ1v) is 10.7. The first kappa shape index (κ1) is 19.2. The van der Waals surface area contributed by atoms with E-state index in [0.29, 0.717) is 15.0 Å². The van der Waals surface area contributed by atoms with Gasteiger partial charge >= 0.3 is 0 Å². The molecule has 0 N–H and O–H groups in total. The number of nitrogens with zero attached hydrogens (tertiary/aromatic N) is 1. The lowest BCUT2D eigenvalue weighted by Crippen LogP contribution is -2.30. The number of halogens is 1. The summed E-state index contributed by atoms with van der Waals surface area (Å²) in [6, 6.07) is 21.4. The van der Waals surface area contributed by atoms with E-state index in [2.05, 4.69) is 15.9 Å². The van der Waals surface area contributed by atoms with Crippen molar-refractivity contribution < 1.29 is 9.21 Å². The van der Waals surface area contributed by atoms with E-state index < -0.39 is 0 Å². The smallest absolute Gasteiger partial charge is 0.266 e. The lowest BCUT2D eigenvalue weighted by atomic mass is 10.1. The van der Waals surface area contributed by atoms with Crippen molar-refractivity contribution in [1.29, 1.82) is 0 Å². The van der Waals surface area contributed by atoms with E-state index in [1.165, 1.54) is 11.8 Å². The van der Waals surface area contributed by atoms with E-state index >= 15 is 0 Å². The van der Waals surface area contributed by atoms with Crippen LogP contribution in [0.15, 0.2) is 80.5 Å². The Morgan fingerprint density at radius 1 is 1.07 bits per heavy atom. The molecular weight excluding hydrogens is 454 g/mol. The van der Waals surface area contributed by atoms with Crippen molar-refractivity contribution in [2.75, 3.05) is 0 Å². The van der Waals surface area contributed by atoms with E-state index in [0.717, 1.165) is 21.4 Å². The van der Waals surface area contributed by atoms with Crippen LogP contribution in [0.25, 0.3) is 17.4 Å². The van der Waals surface area contributed by atoms with Gasteiger partial charge in [-0.3, -0.25) is 9.69 Å². The van der Waals surface area contributed by atoms with Gasteiger partial charge in [-0.25, -0.2) is 0 Å². The van der Waals surface area contributed by atoms with Gasteiger partial charge < -0.3 is 4.42 Å². The van der Waals surface area contributed by atoms with Gasteiger partial charge in [0.25, 0.3) is 5.91 Å². The minimum absolute atomic E-state index is 0.0899. The van der Waals surface area contributed by atoms with E-state index in [1.54, 1.807) is 11.0 Å². The van der Waals surface area contributed by atoms with Gasteiger partial charge in [-0.1, -0.05) is 82.4 Å². The summed E-state index contributed by atoms with van der Waals surface area (Å²) in [4.78, 5) is 15.2. The van der Waals surface area contributed by atoms with E-state index in [1.807, 2.05) is 73.7 Å². The van der Waals surface area contributed by atoms with Gasteiger partial charge in [0, 0.05) is 16.1 Å². The molecule has 1 aliphatic heterocycles. The van der Waals surface area contributed by atoms with Gasteiger partial charge in [-0.2, -0.15) is 0 Å². The molecule has 3 aromatic rings. The van der Waals surface area contributed by atoms with Crippen LogP contribution in [0.2, 0.25) is 0 Å². The molecule has 0 bridgehead atoms. The summed E-state index contributed by atoms with van der Waals surface area (Å²) >= 11 is 10.2. The quantitative estimate of drug-likeness (QED) is 0.315. The molecule has 0 radical (unpaired) electrons. The third-order valence-corrected chi connectivity index (χ3v) is 6.38. The third kappa shape index (κ3) is 3.85. The Labute approximate surface area is 181 Å². The summed E-state index contributed by atoms with van der Waals surface area (Å²) in [5, 5.41) is 0. The maximum Gasteiger partial charge on any atom is 0.266 e. The summed E-state index contributed by atoms with van der Waals surface area (Å²) < 4.78 is 7.49. The van der Waals surface area contributed by atoms with Crippen LogP contribution < -0.4 is 0 Å². The molecule has 1 amide bonds. The first-order chi connectivity index (χ1) is 13.5. The monoisotopic (exact) mass is 469 g/mol. The van der Waals surface area contributed by atoms with E-state index in [9.17, 15) is 4.79 Å². The summed E-state index contributed by atoms with van der Waals surface area (Å²) in [7, 11) is 0. The number of amides is 1. The Bertz CT molecular complexity index is 1060. The molecule has 1 atom stereocenters. The number of carbonyl (C=O) groups excluding carboxylic acids is 1. The largest absolute Gasteiger partial charge is 0.457 e. The van der Waals surface area contributed by atoms with Gasteiger partial charge in [0.05, 0.1) is 10.9 Å². The topological polar surface area (TPSA) is 33.5 Å². The minimum atomic E-state index is -0.116. The number of benzene rings is 2. The molecule has 2 aromatic carbocycles. The standard InChI is InChI=1S/C22H16BrNO2S2/c1-14(15-5-3-2-4-6-15)24-21(25)20(28-22(24)27)13-18-11-12-19(26-18)16-7-9-17(23)10-8-16/h2-14H,1H3/b20-13+. The zero-order chi connectivity index (χ0) is 19.7. The zero-order valence-electron chi connectivity index (χ0n) is 15.0. The third-order valence-electron chi connectivity index (χ3n) is 4.52. The Balaban J connectivity index is 1.57. The second-order valence-electron chi connectivity index (χ2n) is 6.35. The van der Waals surface area contributed by atoms with Crippen LogP contribution in [0.3, 0.4) is 0 Å². The van der Waals surface area contributed by atoms with E-state index in [4.69, 9.17) is 16.6 Å². The second-order valence-corrected chi connectivity index (χ2v) is 8.94. The van der Waals surface area contributed by atoms with Crippen molar-refractivity contribution in [1.82, 2.24) is 4.90 Å². The normalized spacial score (nSPS) is 16.8. The van der Waals surface area contributed by atoms with Crippen molar-refractivity contribution in [3.8, 4) is 11.3 Å². The highest BCUT2D eigenvalue weighted by molar-refractivity contribution is 9.10. The summed E-state index contributed by atoms with van der Waals surface area (Å²) in [6.07, 6.45) is 1.76. The highest BCUT2D eigenvalue weighted by Gasteiger charge is 2.36. The van der Waals surface area contributed by atoms with E-state index in [-0.39, 0.29) is 11.9 Å². The van der Waals surface area contributed by atoms with Crippen molar-refractivity contribution >= 4 is 56.2 Å². The molecule has 0 aliphatic carbocycles. The Kier molecular flexibility index (Phi) is 5.53. The summed E-state index contributed by atoms with van der Waals surface area (Å²) in [5.74, 6) is 1.30. The fourth-order valence-electron chi connectivity index (χ4n) is 3.02. The number of hydrogen-bond donors (Lipinski definition) is 0. The van der Waals surface area contributed by atoms with Crippen LogP contribution in [-0.4, -0.2) is 15.1 Å². The van der Waals surface area contributed by atoms with Crippen molar-refractivity contribution in [3.05, 3.63) is 87.4 Å². The number of carbonyl (C=O) groups is 1. The molecule has 28 heavy (non-hydrogen) atoms. The SMILES string of the molecule is CC(c1ccccc1)N1C(=O)/C(=C\c2ccc(-c3ccc(Br)cc3)o2)SC1=S. The predicted molar refractivity (Wildman–Crippen MR) is 122 cm³/mol. The number of thiocarbonyl (C=S) groups is 1. The molecule has 1 unspecified atom stereocenters. The van der Waals surface area contributed by atoms with Gasteiger partial charge in [-0.05, 0) is 36.8 Å². The first-order valence-electron chi connectivity index (χ1n) is 8.71. The molecule has 1 saturated heterocycles. The molecule has 3 nitrogen and oxygen atoms in total. The average molecular weight is 470 g/mol. The fraction of sp³-hybridized carbons (Fsp3) is 0.0909. The van der Waals surface area contributed by atoms with Crippen LogP contribution in [0.4, 0.5) is 0 Å². The highest BCUT2D eigenvalue weighted by Crippen LogP contribution is 2.38. The summed E-state index contributed by atoms with van der Waals surface area (Å²) in [6.45, 7) is 1.99. The van der Waals surface area contributed by atoms with Gasteiger partial charge in [-0.15, -0.1) is 0 Å². The van der Waals surface area contributed by atoms with Crippen LogP contribution in [-0.2, 0) is 4.79 Å². The minimum Gasteiger partial charge on any atom is -0.457 e. The lowest BCUT2D eigenvalue weighted by molar-refractivity contribution is -0.123. The zero-order valence-corrected chi connectivity index (χ0v) is 18.2. The van der Waals surface area contributed by atoms with Gasteiger partial charge in [0.1, 0.15) is 15.8 Å². The Morgan fingerprint density at radius 2 is 1.79 bits per heavy atom. The Morgan fingerprint density at radius 3 is 2.50 bits per heavy atom. The molecule has 4 rings (SSSR count). The molecule has 140 valence electrons. The highest BCUT2D eigenvalue weighted by atomic mass is 79.9. The van der Waals surface area contributed by atoms with Crippen molar-refractivity contribution in [3.63, 3.8) is 0 Å². The molecule has 0 saturated carbocycles. The second kappa shape index (κ2) is 8.07. The number of furan rings is 1. The molecular formula is C22H16BrNO2S2. The van der Waals surface area contributed by atoms with Crippen molar-refractivity contribution in [2.24, 2.45) is 0 Å². The van der Waals surface area contributed by atoms with Crippen LogP contribution >= 0.6 is 39.9 Å². The summed E-state index contributed by atoms with van der Waals surface area (Å²) in [5.41, 5.74) is 2.03. The van der Waals surface area contributed by atoms with Gasteiger partial charge in [0.15, 0.2) is 0 Å². The van der Waals surface area contributed by atoms with Crippen LogP contribution in [0.1, 0.15) is 24.3 Å². The number of hydrogen-bond acceptors (Lipinski definition) is 4. The Hall–Kier alpha value is -2.15. The van der Waals surface area contributed by atoms with Crippen molar-refractivity contribution in [2.45, 2.75) is 13.0 Å². The average Bonchev–Trinajstić information content (AvgIpc) is 3.27. The molecule has 0 spiro atoms. The number of thioether (sulfide) groups is 1. The molecule has 1 aliphatic rings. The maximum absolute atomic E-state index is 13.0. The number of rotatable bonds is 4. The molecule has 1 fully saturated rings. The van der Waals surface area contributed by atoms with Crippen LogP contribution in [0.5, 0.6) is 0 Å². The molecule has 6 heteroatoms. The molecule has 1 aromatic heterocycles. The molecule has 2 heterocycles. The van der Waals surface area contributed by atoms with Gasteiger partial charge in [0.2, 0.25) is 0 Å².